The van der Waals surface area contributed by atoms with Crippen molar-refractivity contribution >= 4 is 28.3 Å². The SMILES string of the molecule is O=C(NCCc1ccccn1)[C@H]1[C@H]2C[C@H](CN(c3nncs3)C2)[C@@H]2CCCC(=O)N21. The van der Waals surface area contributed by atoms with Crippen molar-refractivity contribution in [1.29, 1.82) is 0 Å². The van der Waals surface area contributed by atoms with Gasteiger partial charge in [-0.2, -0.15) is 0 Å². The number of hydrogen-bond acceptors (Lipinski definition) is 7. The van der Waals surface area contributed by atoms with Crippen LogP contribution in [0.3, 0.4) is 0 Å². The lowest BCUT2D eigenvalue weighted by atomic mass is 9.72. The number of pyridine rings is 1. The molecule has 2 aromatic rings. The molecule has 0 aliphatic carbocycles. The molecule has 1 N–H and O–H groups in total. The monoisotopic (exact) mass is 426 g/mol. The Hall–Kier alpha value is -2.55. The van der Waals surface area contributed by atoms with Gasteiger partial charge in [0.05, 0.1) is 0 Å². The minimum Gasteiger partial charge on any atom is -0.354 e. The molecule has 30 heavy (non-hydrogen) atoms. The van der Waals surface area contributed by atoms with Gasteiger partial charge in [0.15, 0.2) is 0 Å². The number of aromatic nitrogens is 3. The van der Waals surface area contributed by atoms with E-state index in [4.69, 9.17) is 0 Å². The molecule has 5 heterocycles. The average Bonchev–Trinajstić information content (AvgIpc) is 3.30. The predicted molar refractivity (Wildman–Crippen MR) is 113 cm³/mol. The summed E-state index contributed by atoms with van der Waals surface area (Å²) in [5, 5.41) is 12.2. The zero-order valence-corrected chi connectivity index (χ0v) is 17.6. The Kier molecular flexibility index (Phi) is 5.37. The van der Waals surface area contributed by atoms with Crippen LogP contribution in [-0.2, 0) is 16.0 Å². The van der Waals surface area contributed by atoms with E-state index < -0.39 is 6.04 Å². The third-order valence-corrected chi connectivity index (χ3v) is 7.39. The Balaban J connectivity index is 1.34. The average molecular weight is 427 g/mol. The number of fused-ring (bicyclic) bond motifs is 4. The van der Waals surface area contributed by atoms with E-state index in [-0.39, 0.29) is 23.8 Å². The first-order chi connectivity index (χ1) is 14.7. The Morgan fingerprint density at radius 1 is 1.27 bits per heavy atom. The Bertz CT molecular complexity index is 892. The molecule has 0 radical (unpaired) electrons. The third-order valence-electron chi connectivity index (χ3n) is 6.64. The Morgan fingerprint density at radius 2 is 2.17 bits per heavy atom. The van der Waals surface area contributed by atoms with Gasteiger partial charge in [0.1, 0.15) is 11.6 Å². The smallest absolute Gasteiger partial charge is 0.243 e. The number of rotatable bonds is 5. The number of nitrogens with one attached hydrogen (secondary N) is 1. The zero-order valence-electron chi connectivity index (χ0n) is 16.8. The van der Waals surface area contributed by atoms with E-state index in [0.29, 0.717) is 25.3 Å². The first-order valence-electron chi connectivity index (χ1n) is 10.7. The molecule has 8 nitrogen and oxygen atoms in total. The van der Waals surface area contributed by atoms with Crippen LogP contribution in [0, 0.1) is 11.8 Å². The molecule has 3 fully saturated rings. The van der Waals surface area contributed by atoms with Crippen LogP contribution >= 0.6 is 11.3 Å². The Morgan fingerprint density at radius 3 is 2.97 bits per heavy atom. The molecule has 9 heteroatoms. The van der Waals surface area contributed by atoms with Crippen molar-refractivity contribution in [3.05, 3.63) is 35.6 Å². The van der Waals surface area contributed by atoms with Crippen LogP contribution < -0.4 is 10.2 Å². The zero-order chi connectivity index (χ0) is 20.5. The summed E-state index contributed by atoms with van der Waals surface area (Å²) >= 11 is 1.53. The van der Waals surface area contributed by atoms with Crippen molar-refractivity contribution in [2.75, 3.05) is 24.5 Å². The summed E-state index contributed by atoms with van der Waals surface area (Å²) in [7, 11) is 0. The minimum absolute atomic E-state index is 0.0336. The van der Waals surface area contributed by atoms with Gasteiger partial charge in [0, 0.05) is 56.3 Å². The molecule has 3 aliphatic heterocycles. The fourth-order valence-corrected chi connectivity index (χ4v) is 6.00. The highest BCUT2D eigenvalue weighted by atomic mass is 32.1. The fourth-order valence-electron chi connectivity index (χ4n) is 5.42. The van der Waals surface area contributed by atoms with Gasteiger partial charge in [0.2, 0.25) is 16.9 Å². The van der Waals surface area contributed by atoms with Crippen molar-refractivity contribution < 1.29 is 9.59 Å². The number of nitrogens with zero attached hydrogens (tertiary/aromatic N) is 5. The third kappa shape index (κ3) is 3.66. The summed E-state index contributed by atoms with van der Waals surface area (Å²) in [4.78, 5) is 34.7. The van der Waals surface area contributed by atoms with E-state index >= 15 is 0 Å². The molecule has 158 valence electrons. The van der Waals surface area contributed by atoms with Gasteiger partial charge in [0.25, 0.3) is 0 Å². The second kappa shape index (κ2) is 8.29. The van der Waals surface area contributed by atoms with Crippen LogP contribution in [0.5, 0.6) is 0 Å². The Labute approximate surface area is 179 Å². The van der Waals surface area contributed by atoms with Crippen molar-refractivity contribution in [1.82, 2.24) is 25.4 Å². The molecule has 0 unspecified atom stereocenters. The quantitative estimate of drug-likeness (QED) is 0.779. The topological polar surface area (TPSA) is 91.3 Å². The lowest BCUT2D eigenvalue weighted by molar-refractivity contribution is -0.156. The van der Waals surface area contributed by atoms with Gasteiger partial charge in [-0.25, -0.2) is 0 Å². The van der Waals surface area contributed by atoms with Crippen molar-refractivity contribution in [2.45, 2.75) is 44.2 Å². The summed E-state index contributed by atoms with van der Waals surface area (Å²) in [6, 6.07) is 5.54. The lowest BCUT2D eigenvalue weighted by Gasteiger charge is -2.55. The van der Waals surface area contributed by atoms with Crippen LogP contribution in [0.2, 0.25) is 0 Å². The van der Waals surface area contributed by atoms with E-state index in [1.54, 1.807) is 11.7 Å². The molecule has 4 atom stereocenters. The van der Waals surface area contributed by atoms with E-state index in [1.165, 1.54) is 11.3 Å². The summed E-state index contributed by atoms with van der Waals surface area (Å²) in [6.07, 6.45) is 5.87. The fraction of sp³-hybridized carbons (Fsp3) is 0.571. The van der Waals surface area contributed by atoms with Gasteiger partial charge >= 0.3 is 0 Å². The highest BCUT2D eigenvalue weighted by Crippen LogP contribution is 2.42. The van der Waals surface area contributed by atoms with E-state index in [1.807, 2.05) is 23.1 Å². The van der Waals surface area contributed by atoms with Crippen LogP contribution in [0.1, 0.15) is 31.4 Å². The highest BCUT2D eigenvalue weighted by molar-refractivity contribution is 7.13. The van der Waals surface area contributed by atoms with Gasteiger partial charge in [-0.3, -0.25) is 14.6 Å². The normalized spacial score (nSPS) is 28.2. The standard InChI is InChI=1S/C21H26N6O2S/c28-18-6-3-5-17-14-10-15(12-26(11-14)21-25-24-13-30-21)19(27(17)18)20(29)23-9-7-16-4-1-2-8-22-16/h1-2,4,8,13-15,17,19H,3,5-7,9-12H2,(H,23,29)/t14-,15+,17+,19-/m1/s1. The van der Waals surface area contributed by atoms with Crippen LogP contribution in [0.25, 0.3) is 0 Å². The summed E-state index contributed by atoms with van der Waals surface area (Å²) in [5.74, 6) is 0.596. The number of piperidine rings is 3. The number of hydrogen-bond donors (Lipinski definition) is 1. The van der Waals surface area contributed by atoms with Gasteiger partial charge in [-0.1, -0.05) is 17.4 Å². The number of anilines is 1. The molecule has 3 aliphatic rings. The maximum Gasteiger partial charge on any atom is 0.243 e. The van der Waals surface area contributed by atoms with E-state index in [2.05, 4.69) is 25.4 Å². The molecule has 0 spiro atoms. The number of carbonyl (C=O) groups excluding carboxylic acids is 2. The second-order valence-electron chi connectivity index (χ2n) is 8.45. The molecule has 2 aromatic heterocycles. The second-order valence-corrected chi connectivity index (χ2v) is 9.26. The first-order valence-corrected chi connectivity index (χ1v) is 11.6. The van der Waals surface area contributed by atoms with Crippen LogP contribution in [-0.4, -0.2) is 63.6 Å². The summed E-state index contributed by atoms with van der Waals surface area (Å²) in [5.41, 5.74) is 2.70. The van der Waals surface area contributed by atoms with Gasteiger partial charge in [-0.05, 0) is 37.3 Å². The highest BCUT2D eigenvalue weighted by Gasteiger charge is 2.52. The molecule has 0 saturated carbocycles. The summed E-state index contributed by atoms with van der Waals surface area (Å²) in [6.45, 7) is 2.14. The van der Waals surface area contributed by atoms with E-state index in [9.17, 15) is 9.59 Å². The summed E-state index contributed by atoms with van der Waals surface area (Å²) < 4.78 is 0. The van der Waals surface area contributed by atoms with Crippen molar-refractivity contribution in [3.8, 4) is 0 Å². The molecular formula is C21H26N6O2S. The lowest BCUT2D eigenvalue weighted by Crippen LogP contribution is -2.68. The molecule has 0 aromatic carbocycles. The number of amides is 2. The van der Waals surface area contributed by atoms with Gasteiger partial charge < -0.3 is 15.1 Å². The molecule has 2 bridgehead atoms. The minimum atomic E-state index is -0.404. The van der Waals surface area contributed by atoms with Gasteiger partial charge in [-0.15, -0.1) is 10.2 Å². The predicted octanol–water partition coefficient (Wildman–Crippen LogP) is 1.50. The molecule has 3 saturated heterocycles. The molecular weight excluding hydrogens is 400 g/mol. The van der Waals surface area contributed by atoms with E-state index in [0.717, 1.165) is 43.2 Å². The first kappa shape index (κ1) is 19.4. The largest absolute Gasteiger partial charge is 0.354 e. The number of carbonyl (C=O) groups is 2. The maximum atomic E-state index is 13.3. The van der Waals surface area contributed by atoms with Crippen molar-refractivity contribution in [3.63, 3.8) is 0 Å². The molecule has 5 rings (SSSR count). The molecule has 2 amide bonds. The maximum absolute atomic E-state index is 13.3. The van der Waals surface area contributed by atoms with Crippen LogP contribution in [0.4, 0.5) is 5.13 Å². The van der Waals surface area contributed by atoms with Crippen molar-refractivity contribution in [2.24, 2.45) is 11.8 Å². The van der Waals surface area contributed by atoms with Crippen LogP contribution in [0.15, 0.2) is 29.9 Å².